The summed E-state index contributed by atoms with van der Waals surface area (Å²) in [6, 6.07) is 5.70. The smallest absolute Gasteiger partial charge is 0.181 e. The lowest BCUT2D eigenvalue weighted by Crippen LogP contribution is -2.15. The van der Waals surface area contributed by atoms with Crippen molar-refractivity contribution in [3.8, 4) is 22.8 Å². The van der Waals surface area contributed by atoms with Gasteiger partial charge in [0.1, 0.15) is 13.2 Å². The van der Waals surface area contributed by atoms with Crippen molar-refractivity contribution >= 4 is 0 Å². The van der Waals surface area contributed by atoms with Gasteiger partial charge < -0.3 is 13.9 Å². The molecule has 0 fully saturated rings. The van der Waals surface area contributed by atoms with Gasteiger partial charge in [-0.05, 0) is 18.2 Å². The molecular formula is C11H9NO3. The van der Waals surface area contributed by atoms with Gasteiger partial charge >= 0.3 is 0 Å². The molecule has 1 aliphatic heterocycles. The molecule has 2 aromatic rings. The van der Waals surface area contributed by atoms with Crippen molar-refractivity contribution in [2.24, 2.45) is 0 Å². The Bertz CT molecular complexity index is 465. The Morgan fingerprint density at radius 1 is 1.07 bits per heavy atom. The Kier molecular flexibility index (Phi) is 1.84. The summed E-state index contributed by atoms with van der Waals surface area (Å²) in [6.07, 6.45) is 3.08. The zero-order chi connectivity index (χ0) is 10.1. The van der Waals surface area contributed by atoms with E-state index in [2.05, 4.69) is 4.98 Å². The molecule has 4 nitrogen and oxygen atoms in total. The van der Waals surface area contributed by atoms with Crippen LogP contribution in [0.4, 0.5) is 0 Å². The van der Waals surface area contributed by atoms with Gasteiger partial charge in [0.05, 0.1) is 6.20 Å². The molecule has 0 aliphatic carbocycles. The molecule has 0 unspecified atom stereocenters. The molecule has 2 heterocycles. The van der Waals surface area contributed by atoms with Crippen molar-refractivity contribution in [1.29, 1.82) is 0 Å². The first-order valence-electron chi connectivity index (χ1n) is 4.72. The van der Waals surface area contributed by atoms with Gasteiger partial charge in [-0.3, -0.25) is 0 Å². The largest absolute Gasteiger partial charge is 0.486 e. The molecule has 4 heteroatoms. The Balaban J connectivity index is 2.04. The molecule has 76 valence electrons. The van der Waals surface area contributed by atoms with E-state index in [0.29, 0.717) is 13.2 Å². The van der Waals surface area contributed by atoms with Gasteiger partial charge in [-0.2, -0.15) is 0 Å². The van der Waals surface area contributed by atoms with Crippen LogP contribution in [0.5, 0.6) is 11.5 Å². The van der Waals surface area contributed by atoms with Gasteiger partial charge in [-0.15, -0.1) is 0 Å². The molecular weight excluding hydrogens is 194 g/mol. The minimum absolute atomic E-state index is 0.590. The van der Waals surface area contributed by atoms with Crippen molar-refractivity contribution in [3.63, 3.8) is 0 Å². The third-order valence-electron chi connectivity index (χ3n) is 2.26. The lowest BCUT2D eigenvalue weighted by molar-refractivity contribution is 0.171. The van der Waals surface area contributed by atoms with E-state index in [-0.39, 0.29) is 0 Å². The Morgan fingerprint density at radius 2 is 1.93 bits per heavy atom. The third kappa shape index (κ3) is 1.44. The van der Waals surface area contributed by atoms with Crippen LogP contribution < -0.4 is 9.47 Å². The van der Waals surface area contributed by atoms with Gasteiger partial charge in [0.15, 0.2) is 23.7 Å². The summed E-state index contributed by atoms with van der Waals surface area (Å²) in [5.74, 6) is 2.27. The van der Waals surface area contributed by atoms with Crippen molar-refractivity contribution < 1.29 is 13.9 Å². The van der Waals surface area contributed by atoms with E-state index in [4.69, 9.17) is 13.9 Å². The maximum atomic E-state index is 5.48. The Morgan fingerprint density at radius 3 is 2.73 bits per heavy atom. The minimum Gasteiger partial charge on any atom is -0.486 e. The monoisotopic (exact) mass is 203 g/mol. The number of ether oxygens (including phenoxy) is 2. The standard InChI is InChI=1S/C11H9NO3/c1-2-9-10(14-4-3-13-9)5-8(1)11-6-12-7-15-11/h1-2,5-7H,3-4H2. The number of hydrogen-bond acceptors (Lipinski definition) is 4. The van der Waals surface area contributed by atoms with E-state index in [1.165, 1.54) is 6.39 Å². The minimum atomic E-state index is 0.590. The molecule has 0 saturated heterocycles. The molecule has 0 atom stereocenters. The Hall–Kier alpha value is -1.97. The summed E-state index contributed by atoms with van der Waals surface area (Å²) < 4.78 is 16.1. The normalized spacial score (nSPS) is 13.9. The number of fused-ring (bicyclic) bond motifs is 1. The molecule has 1 aliphatic rings. The molecule has 3 rings (SSSR count). The highest BCUT2D eigenvalue weighted by atomic mass is 16.6. The lowest BCUT2D eigenvalue weighted by atomic mass is 10.1. The van der Waals surface area contributed by atoms with Crippen molar-refractivity contribution in [1.82, 2.24) is 4.98 Å². The fraction of sp³-hybridized carbons (Fsp3) is 0.182. The van der Waals surface area contributed by atoms with Crippen molar-refractivity contribution in [2.45, 2.75) is 0 Å². The highest BCUT2D eigenvalue weighted by Crippen LogP contribution is 2.34. The van der Waals surface area contributed by atoms with E-state index >= 15 is 0 Å². The summed E-state index contributed by atoms with van der Waals surface area (Å²) >= 11 is 0. The van der Waals surface area contributed by atoms with Crippen LogP contribution in [0.15, 0.2) is 35.2 Å². The predicted molar refractivity (Wildman–Crippen MR) is 52.9 cm³/mol. The molecule has 1 aromatic heterocycles. The zero-order valence-corrected chi connectivity index (χ0v) is 7.97. The van der Waals surface area contributed by atoms with Crippen LogP contribution >= 0.6 is 0 Å². The molecule has 0 saturated carbocycles. The number of oxazole rings is 1. The summed E-state index contributed by atoms with van der Waals surface area (Å²) in [5.41, 5.74) is 0.941. The first-order valence-corrected chi connectivity index (χ1v) is 4.72. The zero-order valence-electron chi connectivity index (χ0n) is 7.97. The number of nitrogens with zero attached hydrogens (tertiary/aromatic N) is 1. The quantitative estimate of drug-likeness (QED) is 0.712. The summed E-state index contributed by atoms with van der Waals surface area (Å²) in [6.45, 7) is 1.20. The topological polar surface area (TPSA) is 44.5 Å². The second-order valence-corrected chi connectivity index (χ2v) is 3.22. The maximum Gasteiger partial charge on any atom is 0.181 e. The fourth-order valence-corrected chi connectivity index (χ4v) is 1.55. The molecule has 0 bridgehead atoms. The van der Waals surface area contributed by atoms with E-state index in [1.54, 1.807) is 6.20 Å². The van der Waals surface area contributed by atoms with Crippen LogP contribution in [-0.2, 0) is 0 Å². The average molecular weight is 203 g/mol. The van der Waals surface area contributed by atoms with E-state index in [1.807, 2.05) is 18.2 Å². The molecule has 15 heavy (non-hydrogen) atoms. The van der Waals surface area contributed by atoms with Crippen LogP contribution in [0, 0.1) is 0 Å². The fourth-order valence-electron chi connectivity index (χ4n) is 1.55. The summed E-state index contributed by atoms with van der Waals surface area (Å²) in [7, 11) is 0. The second-order valence-electron chi connectivity index (χ2n) is 3.22. The highest BCUT2D eigenvalue weighted by molar-refractivity contribution is 5.62. The number of rotatable bonds is 1. The number of benzene rings is 1. The van der Waals surface area contributed by atoms with E-state index < -0.39 is 0 Å². The first kappa shape index (κ1) is 8.35. The van der Waals surface area contributed by atoms with Gasteiger partial charge in [-0.1, -0.05) is 0 Å². The molecule has 0 amide bonds. The highest BCUT2D eigenvalue weighted by Gasteiger charge is 2.13. The van der Waals surface area contributed by atoms with Crippen LogP contribution in [0.25, 0.3) is 11.3 Å². The SMILES string of the molecule is c1ncc(-c2ccc3c(c2)OCCO3)o1. The van der Waals surface area contributed by atoms with E-state index in [0.717, 1.165) is 22.8 Å². The van der Waals surface area contributed by atoms with Gasteiger partial charge in [0, 0.05) is 5.56 Å². The summed E-state index contributed by atoms with van der Waals surface area (Å²) in [5, 5.41) is 0. The molecule has 0 spiro atoms. The van der Waals surface area contributed by atoms with Crippen LogP contribution in [-0.4, -0.2) is 18.2 Å². The maximum absolute atomic E-state index is 5.48. The second kappa shape index (κ2) is 3.31. The predicted octanol–water partition coefficient (Wildman–Crippen LogP) is 2.11. The molecule has 0 N–H and O–H groups in total. The van der Waals surface area contributed by atoms with Gasteiger partial charge in [-0.25, -0.2) is 4.98 Å². The summed E-state index contributed by atoms with van der Waals surface area (Å²) in [4.78, 5) is 3.87. The molecule has 0 radical (unpaired) electrons. The van der Waals surface area contributed by atoms with Crippen molar-refractivity contribution in [2.75, 3.05) is 13.2 Å². The third-order valence-corrected chi connectivity index (χ3v) is 2.26. The average Bonchev–Trinajstić information content (AvgIpc) is 2.82. The Labute approximate surface area is 86.5 Å². The van der Waals surface area contributed by atoms with Crippen LogP contribution in [0.3, 0.4) is 0 Å². The van der Waals surface area contributed by atoms with Crippen LogP contribution in [0.2, 0.25) is 0 Å². The lowest BCUT2D eigenvalue weighted by Gasteiger charge is -2.18. The van der Waals surface area contributed by atoms with Crippen LogP contribution in [0.1, 0.15) is 0 Å². The molecule has 1 aromatic carbocycles. The number of aromatic nitrogens is 1. The number of hydrogen-bond donors (Lipinski definition) is 0. The van der Waals surface area contributed by atoms with Crippen molar-refractivity contribution in [3.05, 3.63) is 30.8 Å². The van der Waals surface area contributed by atoms with Gasteiger partial charge in [0.25, 0.3) is 0 Å². The van der Waals surface area contributed by atoms with E-state index in [9.17, 15) is 0 Å². The van der Waals surface area contributed by atoms with Gasteiger partial charge in [0.2, 0.25) is 0 Å². The first-order chi connectivity index (χ1) is 7.43.